The number of nitrogens with one attached hydrogen (secondary N) is 2. The Hall–Kier alpha value is -4.51. The molecule has 12 heteroatoms. The number of rotatable bonds is 4. The van der Waals surface area contributed by atoms with E-state index in [2.05, 4.69) is 25.7 Å². The Morgan fingerprint density at radius 1 is 1.08 bits per heavy atom. The van der Waals surface area contributed by atoms with Gasteiger partial charge < -0.3 is 5.32 Å². The topological polar surface area (TPSA) is 119 Å². The van der Waals surface area contributed by atoms with Crippen molar-refractivity contribution in [3.63, 3.8) is 0 Å². The van der Waals surface area contributed by atoms with Gasteiger partial charge in [-0.25, -0.2) is 24.7 Å². The number of benzene rings is 1. The maximum atomic E-state index is 13.7. The average molecular weight is 534 g/mol. The van der Waals surface area contributed by atoms with E-state index in [4.69, 9.17) is 16.6 Å². The highest BCUT2D eigenvalue weighted by Gasteiger charge is 2.21. The minimum Gasteiger partial charge on any atom is -0.311 e. The number of aromatic nitrogens is 6. The molecule has 192 valence electrons. The number of hydrogen-bond acceptors (Lipinski definition) is 6. The molecule has 0 bridgehead atoms. The smallest absolute Gasteiger partial charge is 0.311 e. The highest BCUT2D eigenvalue weighted by atomic mass is 35.5. The van der Waals surface area contributed by atoms with Crippen LogP contribution in [0.15, 0.2) is 42.7 Å². The highest BCUT2D eigenvalue weighted by molar-refractivity contribution is 6.30. The van der Waals surface area contributed by atoms with Crippen LogP contribution >= 0.6 is 11.6 Å². The summed E-state index contributed by atoms with van der Waals surface area (Å²) in [5.41, 5.74) is 4.50. The zero-order valence-electron chi connectivity index (χ0n) is 21.0. The number of carbonyl (C=O) groups is 2. The van der Waals surface area contributed by atoms with Gasteiger partial charge in [-0.2, -0.15) is 14.5 Å². The molecule has 0 unspecified atom stereocenters. The summed E-state index contributed by atoms with van der Waals surface area (Å²) in [6, 6.07) is 7.43. The van der Waals surface area contributed by atoms with E-state index >= 15 is 0 Å². The molecular formula is C26H23ClFN8O2+. The van der Waals surface area contributed by atoms with Gasteiger partial charge in [-0.05, 0) is 38.1 Å². The van der Waals surface area contributed by atoms with Crippen LogP contribution in [0.25, 0.3) is 33.2 Å². The Labute approximate surface area is 221 Å². The minimum atomic E-state index is -0.648. The Kier molecular flexibility index (Phi) is 6.45. The summed E-state index contributed by atoms with van der Waals surface area (Å²) in [7, 11) is 1.82. The number of nitrogens with zero attached hydrogens (tertiary/aromatic N) is 6. The molecule has 10 nitrogen and oxygen atoms in total. The first-order valence-electron chi connectivity index (χ1n) is 11.7. The van der Waals surface area contributed by atoms with Gasteiger partial charge in [0.05, 0.1) is 16.2 Å². The van der Waals surface area contributed by atoms with Crippen molar-refractivity contribution in [2.45, 2.75) is 27.2 Å². The molecule has 0 aliphatic rings. The number of amides is 2. The van der Waals surface area contributed by atoms with E-state index in [1.807, 2.05) is 20.9 Å². The summed E-state index contributed by atoms with van der Waals surface area (Å²) in [6.07, 6.45) is 2.60. The molecule has 0 aliphatic heterocycles. The van der Waals surface area contributed by atoms with Crippen LogP contribution in [-0.2, 0) is 11.8 Å². The maximum Gasteiger partial charge on any atom is 0.500 e. The lowest BCUT2D eigenvalue weighted by molar-refractivity contribution is -0.569. The van der Waals surface area contributed by atoms with E-state index in [1.165, 1.54) is 6.20 Å². The summed E-state index contributed by atoms with van der Waals surface area (Å²) in [5.74, 6) is 0.0532. The van der Waals surface area contributed by atoms with Crippen LogP contribution in [0.3, 0.4) is 0 Å². The third-order valence-corrected chi connectivity index (χ3v) is 6.11. The summed E-state index contributed by atoms with van der Waals surface area (Å²) in [4.78, 5) is 38.9. The zero-order valence-corrected chi connectivity index (χ0v) is 21.8. The third kappa shape index (κ3) is 4.75. The van der Waals surface area contributed by atoms with Crippen molar-refractivity contribution in [1.29, 1.82) is 0 Å². The lowest BCUT2D eigenvalue weighted by atomic mass is 10.0. The number of fused-ring (bicyclic) bond motifs is 2. The molecule has 4 aromatic heterocycles. The summed E-state index contributed by atoms with van der Waals surface area (Å²) >= 11 is 5.89. The first-order chi connectivity index (χ1) is 18.1. The Morgan fingerprint density at radius 3 is 2.61 bits per heavy atom. The van der Waals surface area contributed by atoms with Crippen molar-refractivity contribution in [2.24, 2.45) is 7.05 Å². The fourth-order valence-electron chi connectivity index (χ4n) is 4.25. The maximum absolute atomic E-state index is 13.7. The number of halogens is 2. The SMILES string of the molecule is CCC(=O)Nc1cc(-c2nc(C)nc3c(C)nn(C)c23)c2ccc(NC(=O)[n+]3cc(F)cc(Cl)c3)cc2n1. The van der Waals surface area contributed by atoms with E-state index in [0.29, 0.717) is 34.1 Å². The second-order valence-corrected chi connectivity index (χ2v) is 9.16. The monoisotopic (exact) mass is 533 g/mol. The molecule has 0 fully saturated rings. The summed E-state index contributed by atoms with van der Waals surface area (Å²) < 4.78 is 16.5. The predicted molar refractivity (Wildman–Crippen MR) is 141 cm³/mol. The number of aryl methyl sites for hydroxylation is 3. The van der Waals surface area contributed by atoms with Crippen LogP contribution in [0.1, 0.15) is 24.9 Å². The van der Waals surface area contributed by atoms with Crippen molar-refractivity contribution in [2.75, 3.05) is 10.6 Å². The van der Waals surface area contributed by atoms with Gasteiger partial charge in [0.25, 0.3) is 0 Å². The van der Waals surface area contributed by atoms with Crippen LogP contribution in [0, 0.1) is 19.7 Å². The van der Waals surface area contributed by atoms with Crippen LogP contribution in [0.4, 0.5) is 20.7 Å². The quantitative estimate of drug-likeness (QED) is 0.323. The van der Waals surface area contributed by atoms with Gasteiger partial charge in [-0.1, -0.05) is 18.5 Å². The van der Waals surface area contributed by atoms with Gasteiger partial charge in [0.15, 0.2) is 5.82 Å². The van der Waals surface area contributed by atoms with E-state index < -0.39 is 11.8 Å². The largest absolute Gasteiger partial charge is 0.500 e. The van der Waals surface area contributed by atoms with Crippen LogP contribution in [0.2, 0.25) is 5.02 Å². The molecule has 0 saturated heterocycles. The molecule has 4 heterocycles. The van der Waals surface area contributed by atoms with Crippen LogP contribution in [-0.4, -0.2) is 36.7 Å². The molecule has 5 rings (SSSR count). The predicted octanol–water partition coefficient (Wildman–Crippen LogP) is 4.70. The second-order valence-electron chi connectivity index (χ2n) is 8.72. The van der Waals surface area contributed by atoms with Crippen molar-refractivity contribution < 1.29 is 18.5 Å². The fraction of sp³-hybridized carbons (Fsp3) is 0.192. The van der Waals surface area contributed by atoms with E-state index in [-0.39, 0.29) is 17.4 Å². The molecular weight excluding hydrogens is 511 g/mol. The molecule has 0 spiro atoms. The molecule has 38 heavy (non-hydrogen) atoms. The van der Waals surface area contributed by atoms with Crippen LogP contribution < -0.4 is 15.2 Å². The van der Waals surface area contributed by atoms with Crippen molar-refractivity contribution in [3.05, 3.63) is 65.1 Å². The first kappa shape index (κ1) is 25.2. The fourth-order valence-corrected chi connectivity index (χ4v) is 4.46. The molecule has 2 amide bonds. The summed E-state index contributed by atoms with van der Waals surface area (Å²) in [6.45, 7) is 5.44. The lowest BCUT2D eigenvalue weighted by Crippen LogP contribution is -2.46. The molecule has 1 aromatic carbocycles. The molecule has 2 N–H and O–H groups in total. The zero-order chi connectivity index (χ0) is 27.1. The van der Waals surface area contributed by atoms with Gasteiger partial charge in [0, 0.05) is 30.5 Å². The standard InChI is InChI=1S/C26H22ClFN8O2/c1-5-22(37)33-21-10-19(24-25-23(29-14(3)30-24)13(2)34-35(25)4)18-7-6-17(9-20(18)32-21)31-26(38)36-11-15(27)8-16(28)12-36/h6-12H,5H2,1-4H3,(H-,31,32,33,37,38)/p+1. The highest BCUT2D eigenvalue weighted by Crippen LogP contribution is 2.35. The third-order valence-electron chi connectivity index (χ3n) is 5.90. The number of hydrogen-bond donors (Lipinski definition) is 2. The van der Waals surface area contributed by atoms with Gasteiger partial charge in [0.2, 0.25) is 5.91 Å². The van der Waals surface area contributed by atoms with E-state index in [0.717, 1.165) is 38.9 Å². The summed E-state index contributed by atoms with van der Waals surface area (Å²) in [5, 5.41) is 10.9. The average Bonchev–Trinajstić information content (AvgIpc) is 3.15. The second kappa shape index (κ2) is 9.75. The van der Waals surface area contributed by atoms with Crippen molar-refractivity contribution >= 4 is 57.0 Å². The number of anilines is 2. The van der Waals surface area contributed by atoms with Crippen molar-refractivity contribution in [1.82, 2.24) is 24.7 Å². The van der Waals surface area contributed by atoms with Gasteiger partial charge in [-0.3, -0.25) is 9.48 Å². The van der Waals surface area contributed by atoms with E-state index in [9.17, 15) is 14.0 Å². The molecule has 0 radical (unpaired) electrons. The molecule has 0 atom stereocenters. The first-order valence-corrected chi connectivity index (χ1v) is 12.1. The Bertz CT molecular complexity index is 1750. The van der Waals surface area contributed by atoms with Crippen LogP contribution in [0.5, 0.6) is 0 Å². The Balaban J connectivity index is 1.66. The van der Waals surface area contributed by atoms with Gasteiger partial charge >= 0.3 is 6.03 Å². The lowest BCUT2D eigenvalue weighted by Gasteiger charge is -2.12. The van der Waals surface area contributed by atoms with Crippen molar-refractivity contribution in [3.8, 4) is 11.3 Å². The normalized spacial score (nSPS) is 11.2. The van der Waals surface area contributed by atoms with Gasteiger partial charge in [0.1, 0.15) is 46.5 Å². The number of pyridine rings is 2. The minimum absolute atomic E-state index is 0.0816. The van der Waals surface area contributed by atoms with Gasteiger partial charge in [-0.15, -0.1) is 0 Å². The van der Waals surface area contributed by atoms with E-state index in [1.54, 1.807) is 35.9 Å². The Morgan fingerprint density at radius 2 is 1.87 bits per heavy atom. The molecule has 5 aromatic rings. The number of carbonyl (C=O) groups excluding carboxylic acids is 2. The molecule has 0 aliphatic carbocycles. The molecule has 0 saturated carbocycles.